The molecule has 0 fully saturated rings. The van der Waals surface area contributed by atoms with E-state index in [2.05, 4.69) is 53.7 Å². The van der Waals surface area contributed by atoms with Crippen LogP contribution < -0.4 is 0 Å². The van der Waals surface area contributed by atoms with Crippen molar-refractivity contribution in [3.05, 3.63) is 12.2 Å². The highest BCUT2D eigenvalue weighted by Gasteiger charge is 1.60. The molecule has 0 aromatic rings. The van der Waals surface area contributed by atoms with Crippen LogP contribution >= 0.6 is 0 Å². The lowest BCUT2D eigenvalue weighted by molar-refractivity contribution is 1.09. The van der Waals surface area contributed by atoms with Crippen molar-refractivity contribution in [1.29, 1.82) is 0 Å². The van der Waals surface area contributed by atoms with Crippen LogP contribution in [0.3, 0.4) is 0 Å². The minimum absolute atomic E-state index is 1.17. The van der Waals surface area contributed by atoms with Crippen molar-refractivity contribution >= 4 is 0 Å². The Bertz CT molecular complexity index is 45.1. The summed E-state index contributed by atoms with van der Waals surface area (Å²) >= 11 is 0. The van der Waals surface area contributed by atoms with Gasteiger partial charge in [0.15, 0.2) is 0 Å². The first-order chi connectivity index (χ1) is 5.74. The molecule has 0 spiro atoms. The molecule has 0 saturated carbocycles. The lowest BCUT2D eigenvalue weighted by Gasteiger charge is -1.72. The Morgan fingerprint density at radius 3 is 0.833 bits per heavy atom. The molecule has 0 aliphatic rings. The molecule has 0 rings (SSSR count). The molecule has 0 aliphatic heterocycles. The van der Waals surface area contributed by atoms with Gasteiger partial charge in [-0.25, -0.2) is 0 Å². The van der Waals surface area contributed by atoms with Gasteiger partial charge in [-0.15, -0.1) is 0 Å². The van der Waals surface area contributed by atoms with E-state index in [0.29, 0.717) is 0 Å². The van der Waals surface area contributed by atoms with Crippen molar-refractivity contribution in [2.75, 3.05) is 0 Å². The Labute approximate surface area is 80.1 Å². The van der Waals surface area contributed by atoms with Crippen molar-refractivity contribution in [2.45, 2.75) is 67.2 Å². The monoisotopic (exact) mass is 172 g/mol. The first-order valence-corrected chi connectivity index (χ1v) is 5.39. The van der Waals surface area contributed by atoms with E-state index < -0.39 is 0 Å². The lowest BCUT2D eigenvalue weighted by Crippen LogP contribution is -1.51. The summed E-state index contributed by atoms with van der Waals surface area (Å²) in [6.07, 6.45) is 9.21. The molecule has 0 aromatic heterocycles. The molecule has 0 nitrogen and oxygen atoms in total. The van der Waals surface area contributed by atoms with Gasteiger partial charge in [0, 0.05) is 0 Å². The summed E-state index contributed by atoms with van der Waals surface area (Å²) in [7, 11) is 0. The third-order valence-corrected chi connectivity index (χ3v) is 0.638. The zero-order valence-corrected chi connectivity index (χ0v) is 9.98. The molecular weight excluding hydrogens is 144 g/mol. The fourth-order valence-corrected chi connectivity index (χ4v) is 0.333. The van der Waals surface area contributed by atoms with Gasteiger partial charge in [0.2, 0.25) is 0 Å². The predicted octanol–water partition coefficient (Wildman–Crippen LogP) is 5.20. The highest BCUT2D eigenvalue weighted by molar-refractivity contribution is 4.77. The second kappa shape index (κ2) is 30.9. The molecule has 0 bridgehead atoms. The Balaban J connectivity index is -0.000000115. The Kier molecular flexibility index (Phi) is 45.7. The van der Waals surface area contributed by atoms with Crippen molar-refractivity contribution in [2.24, 2.45) is 0 Å². The summed E-state index contributed by atoms with van der Waals surface area (Å²) in [5.74, 6) is 0. The molecule has 0 radical (unpaired) electrons. The summed E-state index contributed by atoms with van der Waals surface area (Å²) in [6.45, 7) is 12.8. The van der Waals surface area contributed by atoms with Gasteiger partial charge < -0.3 is 0 Å². The maximum Gasteiger partial charge on any atom is -0.0379 e. The smallest absolute Gasteiger partial charge is 0.0379 e. The summed E-state index contributed by atoms with van der Waals surface area (Å²) in [5, 5.41) is 0. The van der Waals surface area contributed by atoms with Crippen LogP contribution in [0.5, 0.6) is 0 Å². The van der Waals surface area contributed by atoms with E-state index in [1.165, 1.54) is 25.7 Å². The van der Waals surface area contributed by atoms with E-state index in [1.807, 2.05) is 0 Å². The Morgan fingerprint density at radius 1 is 0.583 bits per heavy atom. The molecule has 0 amide bonds. The summed E-state index contributed by atoms with van der Waals surface area (Å²) in [5.41, 5.74) is 0. The molecule has 0 aliphatic carbocycles. The fourth-order valence-electron chi connectivity index (χ4n) is 0.333. The minimum Gasteiger partial charge on any atom is -0.0888 e. The van der Waals surface area contributed by atoms with E-state index in [1.54, 1.807) is 0 Å². The van der Waals surface area contributed by atoms with Crippen LogP contribution in [0.15, 0.2) is 12.2 Å². The molecule has 0 heteroatoms. The van der Waals surface area contributed by atoms with Crippen molar-refractivity contribution in [1.82, 2.24) is 0 Å². The average Bonchev–Trinajstić information content (AvgIpc) is 2.04. The topological polar surface area (TPSA) is 0 Å². The van der Waals surface area contributed by atoms with Crippen LogP contribution in [0, 0.1) is 0 Å². The van der Waals surface area contributed by atoms with Crippen LogP contribution in [-0.2, 0) is 0 Å². The molecule has 12 heavy (non-hydrogen) atoms. The van der Waals surface area contributed by atoms with Crippen molar-refractivity contribution in [3.8, 4) is 0 Å². The molecular formula is C12H28. The van der Waals surface area contributed by atoms with Gasteiger partial charge in [0.1, 0.15) is 0 Å². The third kappa shape index (κ3) is 99.1. The van der Waals surface area contributed by atoms with Crippen LogP contribution in [0.4, 0.5) is 0 Å². The first kappa shape index (κ1) is 17.7. The van der Waals surface area contributed by atoms with Gasteiger partial charge in [-0.05, 0) is 12.8 Å². The van der Waals surface area contributed by atoms with Crippen molar-refractivity contribution < 1.29 is 0 Å². The van der Waals surface area contributed by atoms with Crippen LogP contribution in [0.1, 0.15) is 67.2 Å². The molecule has 0 saturated heterocycles. The van der Waals surface area contributed by atoms with Crippen LogP contribution in [-0.4, -0.2) is 0 Å². The lowest BCUT2D eigenvalue weighted by atomic mass is 10.4. The third-order valence-electron chi connectivity index (χ3n) is 0.638. The summed E-state index contributed by atoms with van der Waals surface area (Å²) < 4.78 is 0. The van der Waals surface area contributed by atoms with E-state index in [9.17, 15) is 0 Å². The predicted molar refractivity (Wildman–Crippen MR) is 61.7 cm³/mol. The Hall–Kier alpha value is -0.260. The van der Waals surface area contributed by atoms with Gasteiger partial charge in [0.25, 0.3) is 0 Å². The van der Waals surface area contributed by atoms with Gasteiger partial charge in [-0.2, -0.15) is 0 Å². The van der Waals surface area contributed by atoms with E-state index in [0.717, 1.165) is 0 Å². The molecule has 0 unspecified atom stereocenters. The largest absolute Gasteiger partial charge is 0.0888 e. The van der Waals surface area contributed by atoms with Gasteiger partial charge in [-0.3, -0.25) is 0 Å². The van der Waals surface area contributed by atoms with Crippen molar-refractivity contribution in [3.63, 3.8) is 0 Å². The summed E-state index contributed by atoms with van der Waals surface area (Å²) in [4.78, 5) is 0. The fraction of sp³-hybridized carbons (Fsp3) is 0.833. The molecule has 0 N–H and O–H groups in total. The quantitative estimate of drug-likeness (QED) is 0.502. The number of allylic oxidation sites excluding steroid dienone is 2. The minimum atomic E-state index is 1.17. The summed E-state index contributed by atoms with van der Waals surface area (Å²) in [6, 6.07) is 0. The second-order valence-corrected chi connectivity index (χ2v) is 2.70. The Morgan fingerprint density at radius 2 is 0.750 bits per heavy atom. The standard InChI is InChI=1S/C6H12.2C3H8/c1-3-5-6-4-2;2*1-3-2/h5-6H,3-4H2,1-2H3;2*3H2,1-2H3/b6-5-;;. The zero-order chi connectivity index (χ0) is 10.2. The molecule has 0 aromatic carbocycles. The maximum absolute atomic E-state index is 2.18. The molecule has 0 heterocycles. The zero-order valence-electron chi connectivity index (χ0n) is 9.98. The van der Waals surface area contributed by atoms with Gasteiger partial charge >= 0.3 is 0 Å². The van der Waals surface area contributed by atoms with Crippen LogP contribution in [0.25, 0.3) is 0 Å². The first-order valence-electron chi connectivity index (χ1n) is 5.39. The number of hydrogen-bond donors (Lipinski definition) is 0. The maximum atomic E-state index is 2.18. The van der Waals surface area contributed by atoms with Crippen LogP contribution in [0.2, 0.25) is 0 Å². The molecule has 76 valence electrons. The van der Waals surface area contributed by atoms with Gasteiger partial charge in [-0.1, -0.05) is 66.5 Å². The van der Waals surface area contributed by atoms with E-state index >= 15 is 0 Å². The highest BCUT2D eigenvalue weighted by Crippen LogP contribution is 1.81. The van der Waals surface area contributed by atoms with Gasteiger partial charge in [0.05, 0.1) is 0 Å². The van der Waals surface area contributed by atoms with E-state index in [4.69, 9.17) is 0 Å². The average molecular weight is 172 g/mol. The normalized spacial score (nSPS) is 8.17. The SMILES string of the molecule is CC/C=C\CC.CCC.CCC. The number of hydrogen-bond acceptors (Lipinski definition) is 0. The number of rotatable bonds is 2. The molecule has 0 atom stereocenters. The van der Waals surface area contributed by atoms with E-state index in [-0.39, 0.29) is 0 Å². The second-order valence-electron chi connectivity index (χ2n) is 2.70. The highest BCUT2D eigenvalue weighted by atomic mass is 13.7.